The first-order valence-corrected chi connectivity index (χ1v) is 13.2. The van der Waals surface area contributed by atoms with Crippen molar-refractivity contribution in [2.24, 2.45) is 0 Å². The van der Waals surface area contributed by atoms with E-state index >= 15 is 0 Å². The van der Waals surface area contributed by atoms with Crippen LogP contribution in [0.5, 0.6) is 28.7 Å². The summed E-state index contributed by atoms with van der Waals surface area (Å²) in [6.07, 6.45) is -15.7. The fraction of sp³-hybridized carbons (Fsp3) is 0.481. The van der Waals surface area contributed by atoms with Crippen molar-refractivity contribution < 1.29 is 79.9 Å². The molecule has 16 nitrogen and oxygen atoms in total. The lowest BCUT2D eigenvalue weighted by molar-refractivity contribution is -0.295. The zero-order valence-electron chi connectivity index (χ0n) is 22.2. The molecule has 0 radical (unpaired) electrons. The second-order valence-corrected chi connectivity index (χ2v) is 10.3. The Bertz CT molecular complexity index is 1330. The number of aliphatic hydroxyl groups excluding tert-OH is 8. The van der Waals surface area contributed by atoms with Gasteiger partial charge in [-0.15, -0.1) is 0 Å². The molecule has 3 aliphatic rings. The van der Waals surface area contributed by atoms with E-state index < -0.39 is 86.5 Å². The highest BCUT2D eigenvalue weighted by Crippen LogP contribution is 2.46. The fourth-order valence-corrected chi connectivity index (χ4v) is 5.02. The van der Waals surface area contributed by atoms with Crippen molar-refractivity contribution in [2.45, 2.75) is 67.5 Å². The fourth-order valence-electron chi connectivity index (χ4n) is 5.02. The zero-order valence-corrected chi connectivity index (χ0v) is 22.2. The quantitative estimate of drug-likeness (QED) is 0.140. The summed E-state index contributed by atoms with van der Waals surface area (Å²) in [4.78, 5) is 0. The summed E-state index contributed by atoms with van der Waals surface area (Å²) in [5.41, 5.74) is 0.364. The van der Waals surface area contributed by atoms with Crippen LogP contribution in [0.1, 0.15) is 17.2 Å². The van der Waals surface area contributed by atoms with E-state index in [0.717, 1.165) is 6.07 Å². The van der Waals surface area contributed by atoms with Gasteiger partial charge in [0.25, 0.3) is 11.9 Å². The number of aromatic hydroxyl groups is 4. The minimum absolute atomic E-state index is 0.0696. The zero-order chi connectivity index (χ0) is 31.2. The molecule has 5 rings (SSSR count). The Morgan fingerprint density at radius 3 is 1.81 bits per heavy atom. The van der Waals surface area contributed by atoms with Gasteiger partial charge in [-0.3, -0.25) is 0 Å². The van der Waals surface area contributed by atoms with Gasteiger partial charge in [0.2, 0.25) is 12.6 Å². The molecular formula is C27H33O16+. The maximum absolute atomic E-state index is 10.8. The number of benzene rings is 2. The van der Waals surface area contributed by atoms with Crippen molar-refractivity contribution >= 4 is 6.08 Å². The largest absolute Gasteiger partial charge is 0.571 e. The minimum atomic E-state index is -1.77. The molecule has 0 saturated carbocycles. The molecule has 236 valence electrons. The molecule has 12 N–H and O–H groups in total. The SMILES string of the molecule is OC[C@H]1O[C@@H](OC2=Cc3c(O)cc(O)cc3[OH+]C2c2ccc(O[C@@H]3O[C@H](CO)[C@@H](O)[C@H](O)[C@H]3O)c(O)c2)[C@H](O)[C@@H](O)[C@@H]1O. The number of phenols is 3. The van der Waals surface area contributed by atoms with Crippen LogP contribution < -0.4 is 4.74 Å². The molecule has 2 saturated heterocycles. The highest BCUT2D eigenvalue weighted by molar-refractivity contribution is 5.69. The molecule has 0 aliphatic carbocycles. The Morgan fingerprint density at radius 2 is 1.26 bits per heavy atom. The van der Waals surface area contributed by atoms with Gasteiger partial charge in [-0.1, -0.05) is 0 Å². The molecule has 3 aliphatic heterocycles. The van der Waals surface area contributed by atoms with Gasteiger partial charge in [0, 0.05) is 12.1 Å². The molecule has 43 heavy (non-hydrogen) atoms. The predicted octanol–water partition coefficient (Wildman–Crippen LogP) is -2.86. The van der Waals surface area contributed by atoms with Gasteiger partial charge in [0.1, 0.15) is 65.9 Å². The summed E-state index contributed by atoms with van der Waals surface area (Å²) >= 11 is 0. The molecule has 3 heterocycles. The molecule has 11 atom stereocenters. The van der Waals surface area contributed by atoms with Crippen molar-refractivity contribution in [3.8, 4) is 28.7 Å². The monoisotopic (exact) mass is 613 g/mol. The predicted molar refractivity (Wildman–Crippen MR) is 140 cm³/mol. The Labute approximate surface area is 243 Å². The van der Waals surface area contributed by atoms with E-state index in [2.05, 4.69) is 4.74 Å². The van der Waals surface area contributed by atoms with Gasteiger partial charge in [0.15, 0.2) is 17.3 Å². The van der Waals surface area contributed by atoms with Crippen molar-refractivity contribution in [2.75, 3.05) is 13.2 Å². The number of rotatable bonds is 7. The van der Waals surface area contributed by atoms with Gasteiger partial charge in [-0.2, -0.15) is 0 Å². The average molecular weight is 614 g/mol. The molecule has 16 heteroatoms. The maximum atomic E-state index is 10.8. The van der Waals surface area contributed by atoms with E-state index in [4.69, 9.17) is 18.9 Å². The summed E-state index contributed by atoms with van der Waals surface area (Å²) in [5.74, 6) is -1.32. The maximum Gasteiger partial charge on any atom is 0.270 e. The normalized spacial score (nSPS) is 35.8. The number of fused-ring (bicyclic) bond motifs is 1. The summed E-state index contributed by atoms with van der Waals surface area (Å²) in [6.45, 7) is -1.39. The van der Waals surface area contributed by atoms with Crippen LogP contribution in [-0.4, -0.2) is 136 Å². The molecule has 2 aromatic carbocycles. The molecule has 0 bridgehead atoms. The average Bonchev–Trinajstić information content (AvgIpc) is 2.98. The van der Waals surface area contributed by atoms with E-state index in [1.807, 2.05) is 0 Å². The van der Waals surface area contributed by atoms with Crippen LogP contribution in [0.15, 0.2) is 36.1 Å². The van der Waals surface area contributed by atoms with Gasteiger partial charge in [0.05, 0.1) is 24.8 Å². The second-order valence-electron chi connectivity index (χ2n) is 10.3. The van der Waals surface area contributed by atoms with Crippen LogP contribution in [0.25, 0.3) is 6.08 Å². The first kappa shape index (κ1) is 31.0. The van der Waals surface area contributed by atoms with Gasteiger partial charge < -0.3 is 79.9 Å². The third-order valence-electron chi connectivity index (χ3n) is 7.44. The summed E-state index contributed by atoms with van der Waals surface area (Å²) in [6, 6.07) is 6.22. The van der Waals surface area contributed by atoms with E-state index in [1.54, 1.807) is 0 Å². The Kier molecular flexibility index (Phi) is 8.87. The molecule has 0 aromatic heterocycles. The Morgan fingerprint density at radius 1 is 0.674 bits per heavy atom. The van der Waals surface area contributed by atoms with E-state index in [-0.39, 0.29) is 39.9 Å². The third kappa shape index (κ3) is 5.89. The standard InChI is InChI=1S/C27H32O16/c28-7-17-19(33)21(35)23(37)26(42-17)40-14-2-1-9(3-13(14)32)25-16(6-11-12(31)4-10(30)5-15(11)39-25)41-27-24(38)22(36)20(34)18(8-29)43-27/h1-6,17-38H,7-8H2/p+1/t17-,18-,19-,20-,21+,22+,23-,24-,25?,26-,27-/m1/s1. The van der Waals surface area contributed by atoms with Crippen LogP contribution in [0.4, 0.5) is 0 Å². The molecular weight excluding hydrogens is 580 g/mol. The van der Waals surface area contributed by atoms with Crippen LogP contribution in [-0.2, 0) is 14.2 Å². The highest BCUT2D eigenvalue weighted by Gasteiger charge is 2.47. The van der Waals surface area contributed by atoms with E-state index in [1.165, 1.54) is 30.3 Å². The lowest BCUT2D eigenvalue weighted by atomic mass is 9.98. The first-order chi connectivity index (χ1) is 20.4. The lowest BCUT2D eigenvalue weighted by Gasteiger charge is -2.40. The number of hydrogen-bond donors (Lipinski definition) is 11. The third-order valence-corrected chi connectivity index (χ3v) is 7.44. The van der Waals surface area contributed by atoms with Gasteiger partial charge in [-0.25, -0.2) is 0 Å². The molecule has 0 amide bonds. The Hall–Kier alpha value is -3.42. The summed E-state index contributed by atoms with van der Waals surface area (Å²) in [5, 5.41) is 111. The molecule has 2 aromatic rings. The minimum Gasteiger partial charge on any atom is -0.571 e. The van der Waals surface area contributed by atoms with Gasteiger partial charge in [-0.05, 0) is 18.2 Å². The van der Waals surface area contributed by atoms with Gasteiger partial charge >= 0.3 is 0 Å². The lowest BCUT2D eigenvalue weighted by Crippen LogP contribution is -2.60. The number of aliphatic hydroxyl groups is 9. The molecule has 0 spiro atoms. The van der Waals surface area contributed by atoms with Crippen LogP contribution in [0.3, 0.4) is 0 Å². The van der Waals surface area contributed by atoms with Crippen LogP contribution >= 0.6 is 0 Å². The van der Waals surface area contributed by atoms with Crippen molar-refractivity contribution in [1.82, 2.24) is 0 Å². The summed E-state index contributed by atoms with van der Waals surface area (Å²) < 4.78 is 26.6. The molecule has 2 fully saturated rings. The van der Waals surface area contributed by atoms with Crippen molar-refractivity contribution in [3.63, 3.8) is 0 Å². The number of ether oxygens (including phenoxy) is 5. The molecule has 1 unspecified atom stereocenters. The van der Waals surface area contributed by atoms with Crippen LogP contribution in [0, 0.1) is 0 Å². The van der Waals surface area contributed by atoms with Crippen molar-refractivity contribution in [3.05, 3.63) is 47.2 Å². The highest BCUT2D eigenvalue weighted by atomic mass is 16.7. The second kappa shape index (κ2) is 12.3. The first-order valence-electron chi connectivity index (χ1n) is 13.2. The van der Waals surface area contributed by atoms with E-state index in [9.17, 15) is 56.2 Å². The number of phenolic OH excluding ortho intramolecular Hbond substituents is 3. The van der Waals surface area contributed by atoms with Crippen LogP contribution in [0.2, 0.25) is 0 Å². The Balaban J connectivity index is 1.44. The van der Waals surface area contributed by atoms with E-state index in [0.29, 0.717) is 0 Å². The number of hydrogen-bond acceptors (Lipinski definition) is 15. The summed E-state index contributed by atoms with van der Waals surface area (Å²) in [7, 11) is 0. The van der Waals surface area contributed by atoms with Crippen molar-refractivity contribution in [1.29, 1.82) is 0 Å². The topological polar surface area (TPSA) is 272 Å². The smallest absolute Gasteiger partial charge is 0.270 e.